The van der Waals surface area contributed by atoms with E-state index in [1.807, 2.05) is 0 Å². The fourth-order valence-electron chi connectivity index (χ4n) is 3.64. The number of alkyl halides is 6. The topological polar surface area (TPSA) is 118 Å². The molecule has 4 aromatic rings. The van der Waals surface area contributed by atoms with E-state index in [1.54, 1.807) is 6.07 Å². The van der Waals surface area contributed by atoms with Gasteiger partial charge in [-0.3, -0.25) is 9.59 Å². The Morgan fingerprint density at radius 3 is 1.86 bits per heavy atom. The van der Waals surface area contributed by atoms with Crippen LogP contribution in [0.25, 0.3) is 0 Å². The Hall–Kier alpha value is -2.22. The van der Waals surface area contributed by atoms with E-state index in [-0.39, 0.29) is 50.4 Å². The molecule has 0 bridgehead atoms. The smallest absolute Gasteiger partial charge is 0.478 e. The van der Waals surface area contributed by atoms with Crippen molar-refractivity contribution in [2.24, 2.45) is 0 Å². The number of nitrogens with zero attached hydrogens (tertiary/aromatic N) is 1. The number of amides is 2. The Morgan fingerprint density at radius 1 is 0.820 bits per heavy atom. The van der Waals surface area contributed by atoms with Crippen molar-refractivity contribution < 1.29 is 50.6 Å². The lowest BCUT2D eigenvalue weighted by atomic mass is 10.1. The van der Waals surface area contributed by atoms with Gasteiger partial charge in [-0.25, -0.2) is 9.78 Å². The summed E-state index contributed by atoms with van der Waals surface area (Å²) in [6, 6.07) is 6.36. The quantitative estimate of drug-likeness (QED) is 0.101. The molecule has 268 valence electrons. The highest BCUT2D eigenvalue weighted by Crippen LogP contribution is 2.43. The van der Waals surface area contributed by atoms with Crippen molar-refractivity contribution in [3.63, 3.8) is 0 Å². The maximum absolute atomic E-state index is 13.0. The number of hydrogen-bond acceptors (Lipinski definition) is 6. The Bertz CT molecular complexity index is 1990. The van der Waals surface area contributed by atoms with Crippen LogP contribution < -0.4 is 15.4 Å². The van der Waals surface area contributed by atoms with Gasteiger partial charge in [0.25, 0.3) is 11.8 Å². The second kappa shape index (κ2) is 16.6. The number of aromatic carboxylic acids is 1. The SMILES string of the molecule is Cc1nc(C(F)(F)F)c(C(=O)Nc2c(Br)cc(OC(F)(F)F)cc2Br)s1.O=C(O)c1c(Cl)c(Cl)c(Cl)c(Cl)c1C(=O)Nc1cccc(Cl)c1Cl. The van der Waals surface area contributed by atoms with Crippen LogP contribution in [0.3, 0.4) is 0 Å². The second-order valence-corrected chi connectivity index (χ2v) is 14.2. The molecule has 0 spiro atoms. The van der Waals surface area contributed by atoms with E-state index in [4.69, 9.17) is 69.6 Å². The average molecular weight is 976 g/mol. The summed E-state index contributed by atoms with van der Waals surface area (Å²) in [5, 5.41) is 13.0. The number of carboxylic acid groups (broad SMARTS) is 1. The summed E-state index contributed by atoms with van der Waals surface area (Å²) in [5.74, 6) is -4.07. The highest BCUT2D eigenvalue weighted by molar-refractivity contribution is 9.11. The molecule has 4 rings (SSSR count). The van der Waals surface area contributed by atoms with E-state index in [0.29, 0.717) is 11.3 Å². The molecule has 3 N–H and O–H groups in total. The van der Waals surface area contributed by atoms with Crippen LogP contribution in [0.1, 0.15) is 41.1 Å². The molecule has 8 nitrogen and oxygen atoms in total. The van der Waals surface area contributed by atoms with Gasteiger partial charge in [-0.2, -0.15) is 13.2 Å². The fourth-order valence-corrected chi connectivity index (χ4v) is 7.18. The number of rotatable bonds is 6. The molecular formula is C27H11Br2Cl6F6N3O5S. The lowest BCUT2D eigenvalue weighted by molar-refractivity contribution is -0.274. The predicted molar refractivity (Wildman–Crippen MR) is 186 cm³/mol. The molecule has 23 heteroatoms. The van der Waals surface area contributed by atoms with Gasteiger partial charge in [0, 0.05) is 8.95 Å². The van der Waals surface area contributed by atoms with Crippen LogP contribution in [0.5, 0.6) is 5.75 Å². The number of thiazole rings is 1. The lowest BCUT2D eigenvalue weighted by Crippen LogP contribution is -2.18. The average Bonchev–Trinajstić information content (AvgIpc) is 3.39. The lowest BCUT2D eigenvalue weighted by Gasteiger charge is -2.14. The summed E-state index contributed by atoms with van der Waals surface area (Å²) >= 11 is 41.9. The van der Waals surface area contributed by atoms with Crippen molar-refractivity contribution in [3.8, 4) is 5.75 Å². The summed E-state index contributed by atoms with van der Waals surface area (Å²) in [6.07, 6.45) is -9.75. The first-order valence-corrected chi connectivity index (χ1v) is 17.1. The largest absolute Gasteiger partial charge is 0.573 e. The summed E-state index contributed by atoms with van der Waals surface area (Å²) in [4.78, 5) is 38.8. The molecule has 0 saturated heterocycles. The van der Waals surface area contributed by atoms with Gasteiger partial charge in [0.2, 0.25) is 0 Å². The number of carboxylic acids is 1. The van der Waals surface area contributed by atoms with Crippen LogP contribution in [0.15, 0.2) is 39.3 Å². The molecule has 0 radical (unpaired) electrons. The normalized spacial score (nSPS) is 11.4. The molecule has 0 atom stereocenters. The van der Waals surface area contributed by atoms with Crippen LogP contribution >= 0.6 is 113 Å². The van der Waals surface area contributed by atoms with Crippen LogP contribution in [0, 0.1) is 6.92 Å². The minimum Gasteiger partial charge on any atom is -0.478 e. The zero-order chi connectivity index (χ0) is 38.0. The number of aryl methyl sites for hydroxylation is 1. The van der Waals surface area contributed by atoms with Crippen molar-refractivity contribution in [2.45, 2.75) is 19.5 Å². The molecule has 1 aromatic heterocycles. The molecule has 0 aliphatic carbocycles. The minimum atomic E-state index is -4.93. The van der Waals surface area contributed by atoms with E-state index in [9.17, 15) is 45.8 Å². The second-order valence-electron chi connectivity index (χ2n) is 9.04. The van der Waals surface area contributed by atoms with Crippen molar-refractivity contribution in [1.29, 1.82) is 0 Å². The molecule has 0 fully saturated rings. The summed E-state index contributed by atoms with van der Waals surface area (Å²) in [6.45, 7) is 1.31. The Kier molecular flexibility index (Phi) is 14.0. The van der Waals surface area contributed by atoms with E-state index < -0.39 is 62.8 Å². The van der Waals surface area contributed by atoms with E-state index in [1.165, 1.54) is 19.1 Å². The molecule has 0 saturated carbocycles. The maximum Gasteiger partial charge on any atom is 0.573 e. The standard InChI is InChI=1S/C14H5Cl6NO3.C13H6Br2F6N2O2S/c15-4-2-1-3-5(8(4)16)21-13(22)6-7(14(23)24)10(18)12(20)11(19)9(6)17;1-4-22-10(12(16,17)18)9(26-4)11(24)23-8-6(14)2-5(3-7(8)15)25-13(19,20)21/h1-3H,(H,21,22)(H,23,24);2-3H,1H3,(H,23,24). The molecule has 50 heavy (non-hydrogen) atoms. The number of benzene rings is 3. The van der Waals surface area contributed by atoms with Crippen LogP contribution in [-0.4, -0.2) is 34.2 Å². The van der Waals surface area contributed by atoms with Gasteiger partial charge in [0.05, 0.1) is 57.6 Å². The number of carbonyl (C=O) groups excluding carboxylic acids is 2. The zero-order valence-electron chi connectivity index (χ0n) is 23.6. The molecular weight excluding hydrogens is 965 g/mol. The summed E-state index contributed by atoms with van der Waals surface area (Å²) in [7, 11) is 0. The Balaban J connectivity index is 0.000000271. The van der Waals surface area contributed by atoms with Crippen LogP contribution in [0.2, 0.25) is 30.1 Å². The molecule has 0 aliphatic rings. The van der Waals surface area contributed by atoms with Crippen molar-refractivity contribution in [1.82, 2.24) is 4.98 Å². The summed E-state index contributed by atoms with van der Waals surface area (Å²) in [5.41, 5.74) is -2.26. The number of hydrogen-bond donors (Lipinski definition) is 3. The molecule has 0 aliphatic heterocycles. The summed E-state index contributed by atoms with van der Waals surface area (Å²) < 4.78 is 79.3. The third-order valence-electron chi connectivity index (χ3n) is 5.60. The molecule has 3 aromatic carbocycles. The first kappa shape index (κ1) is 42.2. The number of anilines is 2. The van der Waals surface area contributed by atoms with Gasteiger partial charge in [0.15, 0.2) is 5.69 Å². The monoisotopic (exact) mass is 971 g/mol. The first-order chi connectivity index (χ1) is 22.9. The molecule has 2 amide bonds. The zero-order valence-corrected chi connectivity index (χ0v) is 32.1. The number of carbonyl (C=O) groups is 3. The van der Waals surface area contributed by atoms with Gasteiger partial charge < -0.3 is 20.5 Å². The molecule has 1 heterocycles. The number of halogens is 14. The van der Waals surface area contributed by atoms with Crippen LogP contribution in [-0.2, 0) is 6.18 Å². The number of aromatic nitrogens is 1. The Morgan fingerprint density at radius 2 is 1.36 bits per heavy atom. The van der Waals surface area contributed by atoms with Crippen molar-refractivity contribution in [3.05, 3.63) is 96.1 Å². The highest BCUT2D eigenvalue weighted by atomic mass is 79.9. The predicted octanol–water partition coefficient (Wildman–Crippen LogP) is 12.7. The van der Waals surface area contributed by atoms with Gasteiger partial charge in [-0.05, 0) is 63.0 Å². The first-order valence-electron chi connectivity index (χ1n) is 12.4. The number of nitrogens with one attached hydrogen (secondary N) is 2. The van der Waals surface area contributed by atoms with Gasteiger partial charge >= 0.3 is 18.5 Å². The third-order valence-corrected chi connectivity index (χ3v) is 10.4. The Labute approximate surface area is 327 Å². The fraction of sp³-hybridized carbons (Fsp3) is 0.111. The van der Waals surface area contributed by atoms with Gasteiger partial charge in [-0.15, -0.1) is 24.5 Å². The minimum absolute atomic E-state index is 0.0331. The van der Waals surface area contributed by atoms with Gasteiger partial charge in [-0.1, -0.05) is 75.7 Å². The van der Waals surface area contributed by atoms with E-state index in [0.717, 1.165) is 12.1 Å². The van der Waals surface area contributed by atoms with Crippen molar-refractivity contribution in [2.75, 3.05) is 10.6 Å². The number of ether oxygens (including phenoxy) is 1. The third kappa shape index (κ3) is 10.2. The maximum atomic E-state index is 13.0. The van der Waals surface area contributed by atoms with Gasteiger partial charge in [0.1, 0.15) is 10.6 Å². The molecule has 0 unspecified atom stereocenters. The van der Waals surface area contributed by atoms with Crippen LogP contribution in [0.4, 0.5) is 37.7 Å². The highest BCUT2D eigenvalue weighted by Gasteiger charge is 2.39. The van der Waals surface area contributed by atoms with E-state index in [2.05, 4.69) is 52.2 Å². The van der Waals surface area contributed by atoms with Crippen molar-refractivity contribution >= 4 is 142 Å². The van der Waals surface area contributed by atoms with E-state index >= 15 is 0 Å².